The number of amides is 1. The summed E-state index contributed by atoms with van der Waals surface area (Å²) in [4.78, 5) is 24.3. The molecular weight excluding hydrogens is 372 g/mol. The molecule has 0 radical (unpaired) electrons. The van der Waals surface area contributed by atoms with E-state index in [1.54, 1.807) is 25.1 Å². The Morgan fingerprint density at radius 2 is 1.78 bits per heavy atom. The molecule has 0 atom stereocenters. The predicted octanol–water partition coefficient (Wildman–Crippen LogP) is 2.03. The number of rotatable bonds is 7. The summed E-state index contributed by atoms with van der Waals surface area (Å²) in [6.07, 6.45) is 0. The fourth-order valence-electron chi connectivity index (χ4n) is 2.37. The van der Waals surface area contributed by atoms with Gasteiger partial charge >= 0.3 is 5.97 Å². The third kappa shape index (κ3) is 4.63. The molecule has 9 heteroatoms. The number of para-hydroxylation sites is 1. The van der Waals surface area contributed by atoms with Gasteiger partial charge in [-0.1, -0.05) is 19.1 Å². The van der Waals surface area contributed by atoms with Crippen LogP contribution in [0, 0.1) is 0 Å². The minimum atomic E-state index is -3.84. The molecule has 2 aromatic carbocycles. The summed E-state index contributed by atoms with van der Waals surface area (Å²) in [5.41, 5.74) is 0.524. The van der Waals surface area contributed by atoms with Crippen molar-refractivity contribution in [3.8, 4) is 5.75 Å². The van der Waals surface area contributed by atoms with Crippen molar-refractivity contribution in [2.75, 3.05) is 26.1 Å². The van der Waals surface area contributed by atoms with Crippen molar-refractivity contribution < 1.29 is 27.5 Å². The molecule has 2 N–H and O–H groups in total. The van der Waals surface area contributed by atoms with Crippen LogP contribution in [0.4, 0.5) is 5.69 Å². The minimum Gasteiger partial charge on any atom is -0.495 e. The van der Waals surface area contributed by atoms with Crippen LogP contribution in [0.15, 0.2) is 47.4 Å². The number of carbonyl (C=O) groups is 2. The Kier molecular flexibility index (Phi) is 6.54. The second kappa shape index (κ2) is 8.65. The summed E-state index contributed by atoms with van der Waals surface area (Å²) in [6, 6.07) is 10.4. The van der Waals surface area contributed by atoms with Crippen LogP contribution in [0.25, 0.3) is 0 Å². The molecule has 0 saturated carbocycles. The number of sulfonamides is 1. The van der Waals surface area contributed by atoms with Crippen LogP contribution in [-0.4, -0.2) is 41.1 Å². The lowest BCUT2D eigenvalue weighted by atomic mass is 10.1. The average Bonchev–Trinajstić information content (AvgIpc) is 2.67. The molecule has 0 fully saturated rings. The highest BCUT2D eigenvalue weighted by atomic mass is 32.2. The van der Waals surface area contributed by atoms with E-state index in [1.165, 1.54) is 38.5 Å². The third-order valence-electron chi connectivity index (χ3n) is 3.63. The van der Waals surface area contributed by atoms with E-state index in [0.717, 1.165) is 0 Å². The number of anilines is 1. The standard InChI is InChI=1S/C18H20N2O6S/c1-4-19-27(23,24)16-11-12(9-10-15(16)25-2)17(21)20-14-8-6-5-7-13(14)18(22)26-3/h5-11,19H,4H2,1-3H3,(H,20,21). The number of carbonyl (C=O) groups excluding carboxylic acids is 2. The van der Waals surface area contributed by atoms with E-state index in [4.69, 9.17) is 9.47 Å². The van der Waals surface area contributed by atoms with Crippen LogP contribution < -0.4 is 14.8 Å². The second-order valence-electron chi connectivity index (χ2n) is 5.36. The first-order valence-corrected chi connectivity index (χ1v) is 9.48. The van der Waals surface area contributed by atoms with Gasteiger partial charge in [0.2, 0.25) is 10.0 Å². The number of nitrogens with one attached hydrogen (secondary N) is 2. The molecule has 0 aliphatic heterocycles. The Morgan fingerprint density at radius 3 is 2.41 bits per heavy atom. The number of benzene rings is 2. The summed E-state index contributed by atoms with van der Waals surface area (Å²) in [6.45, 7) is 1.83. The van der Waals surface area contributed by atoms with Crippen molar-refractivity contribution in [2.24, 2.45) is 0 Å². The Morgan fingerprint density at radius 1 is 1.07 bits per heavy atom. The molecular formula is C18H20N2O6S. The number of hydrogen-bond donors (Lipinski definition) is 2. The van der Waals surface area contributed by atoms with Gasteiger partial charge in [0, 0.05) is 12.1 Å². The topological polar surface area (TPSA) is 111 Å². The van der Waals surface area contributed by atoms with Crippen molar-refractivity contribution in [1.82, 2.24) is 4.72 Å². The highest BCUT2D eigenvalue weighted by Gasteiger charge is 2.21. The van der Waals surface area contributed by atoms with E-state index >= 15 is 0 Å². The summed E-state index contributed by atoms with van der Waals surface area (Å²) in [5.74, 6) is -1.07. The summed E-state index contributed by atoms with van der Waals surface area (Å²) in [5, 5.41) is 2.59. The van der Waals surface area contributed by atoms with Crippen molar-refractivity contribution in [1.29, 1.82) is 0 Å². The van der Waals surface area contributed by atoms with Crippen LogP contribution in [0.5, 0.6) is 5.75 Å². The van der Waals surface area contributed by atoms with Crippen LogP contribution in [0.2, 0.25) is 0 Å². The Balaban J connectivity index is 2.40. The molecule has 0 aliphatic rings. The van der Waals surface area contributed by atoms with E-state index in [2.05, 4.69) is 10.0 Å². The number of esters is 1. The van der Waals surface area contributed by atoms with Gasteiger partial charge in [-0.2, -0.15) is 0 Å². The molecule has 27 heavy (non-hydrogen) atoms. The lowest BCUT2D eigenvalue weighted by molar-refractivity contribution is 0.0602. The van der Waals surface area contributed by atoms with Gasteiger partial charge in [0.05, 0.1) is 25.5 Å². The Hall–Kier alpha value is -2.91. The van der Waals surface area contributed by atoms with Gasteiger partial charge in [0.15, 0.2) is 0 Å². The molecule has 0 unspecified atom stereocenters. The Bertz CT molecular complexity index is 956. The maximum atomic E-state index is 12.6. The minimum absolute atomic E-state index is 0.0898. The highest BCUT2D eigenvalue weighted by molar-refractivity contribution is 7.89. The largest absolute Gasteiger partial charge is 0.495 e. The normalized spacial score (nSPS) is 10.9. The van der Waals surface area contributed by atoms with Crippen LogP contribution in [0.1, 0.15) is 27.6 Å². The first kappa shape index (κ1) is 20.4. The van der Waals surface area contributed by atoms with E-state index in [1.807, 2.05) is 0 Å². The highest BCUT2D eigenvalue weighted by Crippen LogP contribution is 2.25. The zero-order chi connectivity index (χ0) is 20.0. The molecule has 8 nitrogen and oxygen atoms in total. The molecule has 0 saturated heterocycles. The molecule has 0 aromatic heterocycles. The SMILES string of the molecule is CCNS(=O)(=O)c1cc(C(=O)Nc2ccccc2C(=O)OC)ccc1OC. The average molecular weight is 392 g/mol. The fourth-order valence-corrected chi connectivity index (χ4v) is 3.60. The Labute approximate surface area is 157 Å². The van der Waals surface area contributed by atoms with Gasteiger partial charge in [0.25, 0.3) is 5.91 Å². The number of ether oxygens (including phenoxy) is 2. The first-order valence-electron chi connectivity index (χ1n) is 8.00. The van der Waals surface area contributed by atoms with Gasteiger partial charge in [-0.25, -0.2) is 17.9 Å². The van der Waals surface area contributed by atoms with Gasteiger partial charge in [-0.15, -0.1) is 0 Å². The van der Waals surface area contributed by atoms with Crippen LogP contribution in [0.3, 0.4) is 0 Å². The number of hydrogen-bond acceptors (Lipinski definition) is 6. The summed E-state index contributed by atoms with van der Waals surface area (Å²) in [7, 11) is -1.26. The van der Waals surface area contributed by atoms with Crippen LogP contribution >= 0.6 is 0 Å². The zero-order valence-electron chi connectivity index (χ0n) is 15.1. The summed E-state index contributed by atoms with van der Waals surface area (Å²) >= 11 is 0. The van der Waals surface area contributed by atoms with E-state index in [-0.39, 0.29) is 34.0 Å². The van der Waals surface area contributed by atoms with Gasteiger partial charge in [0.1, 0.15) is 10.6 Å². The molecule has 144 valence electrons. The predicted molar refractivity (Wildman–Crippen MR) is 99.6 cm³/mol. The van der Waals surface area contributed by atoms with Crippen molar-refractivity contribution in [3.63, 3.8) is 0 Å². The van der Waals surface area contributed by atoms with Crippen LogP contribution in [-0.2, 0) is 14.8 Å². The molecule has 0 bridgehead atoms. The summed E-state index contributed by atoms with van der Waals surface area (Å²) < 4.78 is 36.8. The monoisotopic (exact) mass is 392 g/mol. The first-order chi connectivity index (χ1) is 12.8. The fraction of sp³-hybridized carbons (Fsp3) is 0.222. The van der Waals surface area contributed by atoms with Gasteiger partial charge in [-0.05, 0) is 30.3 Å². The quantitative estimate of drug-likeness (QED) is 0.698. The smallest absolute Gasteiger partial charge is 0.339 e. The van der Waals surface area contributed by atoms with Gasteiger partial charge < -0.3 is 14.8 Å². The third-order valence-corrected chi connectivity index (χ3v) is 5.20. The molecule has 0 spiro atoms. The maximum absolute atomic E-state index is 12.6. The van der Waals surface area contributed by atoms with Crippen molar-refractivity contribution in [2.45, 2.75) is 11.8 Å². The molecule has 2 rings (SSSR count). The molecule has 1 amide bonds. The van der Waals surface area contributed by atoms with E-state index in [9.17, 15) is 18.0 Å². The van der Waals surface area contributed by atoms with E-state index < -0.39 is 21.9 Å². The van der Waals surface area contributed by atoms with E-state index in [0.29, 0.717) is 0 Å². The molecule has 0 aliphatic carbocycles. The van der Waals surface area contributed by atoms with Crippen molar-refractivity contribution >= 4 is 27.6 Å². The second-order valence-corrected chi connectivity index (χ2v) is 7.09. The molecule has 0 heterocycles. The lowest BCUT2D eigenvalue weighted by Crippen LogP contribution is -2.24. The maximum Gasteiger partial charge on any atom is 0.339 e. The molecule has 2 aromatic rings. The lowest BCUT2D eigenvalue weighted by Gasteiger charge is -2.13. The van der Waals surface area contributed by atoms with Crippen molar-refractivity contribution in [3.05, 3.63) is 53.6 Å². The zero-order valence-corrected chi connectivity index (χ0v) is 15.9. The van der Waals surface area contributed by atoms with Gasteiger partial charge in [-0.3, -0.25) is 4.79 Å². The number of methoxy groups -OCH3 is 2.